The summed E-state index contributed by atoms with van der Waals surface area (Å²) in [7, 11) is -5.08. The van der Waals surface area contributed by atoms with Crippen molar-refractivity contribution in [1.82, 2.24) is 5.32 Å². The number of esters is 3. The fraction of sp³-hybridized carbons (Fsp3) is 0.529. The van der Waals surface area contributed by atoms with Crippen LogP contribution < -0.4 is 23.2 Å². The molecule has 0 bridgehead atoms. The fourth-order valence-corrected chi connectivity index (χ4v) is 8.71. The summed E-state index contributed by atoms with van der Waals surface area (Å²) in [6.07, 6.45) is -8.45. The lowest BCUT2D eigenvalue weighted by atomic mass is 9.91. The molecule has 1 unspecified atom stereocenters. The van der Waals surface area contributed by atoms with Gasteiger partial charge in [-0.25, -0.2) is 0 Å². The van der Waals surface area contributed by atoms with Crippen molar-refractivity contribution in [2.45, 2.75) is 138 Å². The fourth-order valence-electron chi connectivity index (χ4n) is 6.84. The molecule has 4 rings (SSSR count). The van der Waals surface area contributed by atoms with Crippen LogP contribution in [0, 0.1) is 10.8 Å². The maximum absolute atomic E-state index is 13.8. The average Bonchev–Trinajstić information content (AvgIpc) is 3.30. The highest BCUT2D eigenvalue weighted by Gasteiger charge is 2.53. The predicted octanol–water partition coefficient (Wildman–Crippen LogP) is 6.99. The Kier molecular flexibility index (Phi) is 23.1. The highest BCUT2D eigenvalue weighted by Crippen LogP contribution is 2.37. The van der Waals surface area contributed by atoms with Crippen LogP contribution in [-0.2, 0) is 80.9 Å². The van der Waals surface area contributed by atoms with Crippen molar-refractivity contribution in [3.8, 4) is 23.0 Å². The zero-order valence-electron chi connectivity index (χ0n) is 43.4. The van der Waals surface area contributed by atoms with Gasteiger partial charge in [-0.15, -0.1) is 8.42 Å². The number of ether oxygens (including phenoxy) is 8. The molecule has 1 saturated heterocycles. The lowest BCUT2D eigenvalue weighted by Gasteiger charge is -2.44. The number of hydrogen-bond donors (Lipinski definition) is 2. The van der Waals surface area contributed by atoms with Crippen LogP contribution in [-0.4, -0.2) is 111 Å². The molecule has 0 aliphatic carbocycles. The Labute approximate surface area is 440 Å². The van der Waals surface area contributed by atoms with Gasteiger partial charge in [0.15, 0.2) is 40.2 Å². The number of carbonyl (C=O) groups is 6. The lowest BCUT2D eigenvalue weighted by Crippen LogP contribution is -2.63. The Hall–Kier alpha value is -5.43. The molecule has 408 valence electrons. The van der Waals surface area contributed by atoms with Gasteiger partial charge in [-0.05, 0) is 66.3 Å². The Bertz CT molecular complexity index is 2530. The standard InChI is InChI=1S/C51H67NO19S3/c1-12-50(8,9)28-62-29-51(10,11)27-52-48(59)38-16-20-42(68-49-47(67-33(5)56)46(66-32(4)55)45(65-31(3)54)44(69-49)24-63-30(2)53)43(22-38)71-74(60,61)70-40-17-13-36(14-18-40)23-64-41-19-15-37(25-72-34(6)57)21-39(41)26-73-35(7)58/h13-22,32,44-47,49,55H,12,23-29H2,1-11H3,(H,52,59)/t32?,44-,45+,46+,47-,49-/m0/s1. The van der Waals surface area contributed by atoms with Crippen molar-refractivity contribution in [1.29, 1.82) is 0 Å². The van der Waals surface area contributed by atoms with Gasteiger partial charge < -0.3 is 56.7 Å². The van der Waals surface area contributed by atoms with Crippen molar-refractivity contribution in [3.05, 3.63) is 82.9 Å². The van der Waals surface area contributed by atoms with E-state index in [0.717, 1.165) is 67.9 Å². The minimum absolute atomic E-state index is 0.0286. The number of nitrogens with one attached hydrogen (secondary N) is 1. The molecular formula is C51H67NO19S3. The first-order chi connectivity index (χ1) is 34.6. The molecule has 20 nitrogen and oxygen atoms in total. The van der Waals surface area contributed by atoms with E-state index in [4.69, 9.17) is 46.3 Å². The monoisotopic (exact) mass is 1090 g/mol. The Morgan fingerprint density at radius 3 is 1.95 bits per heavy atom. The van der Waals surface area contributed by atoms with Gasteiger partial charge in [-0.1, -0.05) is 82.4 Å². The van der Waals surface area contributed by atoms with E-state index in [-0.39, 0.29) is 40.1 Å². The third-order valence-corrected chi connectivity index (χ3v) is 13.4. The normalized spacial score (nSPS) is 18.3. The first kappa shape index (κ1) is 61.1. The molecule has 0 radical (unpaired) electrons. The highest BCUT2D eigenvalue weighted by molar-refractivity contribution is 8.13. The van der Waals surface area contributed by atoms with Crippen molar-refractivity contribution in [2.24, 2.45) is 10.8 Å². The van der Waals surface area contributed by atoms with E-state index in [1.165, 1.54) is 45.0 Å². The molecule has 1 aliphatic rings. The van der Waals surface area contributed by atoms with E-state index in [1.54, 1.807) is 18.2 Å². The van der Waals surface area contributed by atoms with E-state index in [1.807, 2.05) is 26.0 Å². The van der Waals surface area contributed by atoms with Crippen molar-refractivity contribution >= 4 is 68.0 Å². The second-order valence-corrected chi connectivity index (χ2v) is 22.3. The minimum Gasteiger partial charge on any atom is -0.489 e. The number of carbonyl (C=O) groups excluding carboxylic acids is 6. The lowest BCUT2D eigenvalue weighted by molar-refractivity contribution is -0.309. The van der Waals surface area contributed by atoms with Gasteiger partial charge in [0.2, 0.25) is 6.29 Å². The number of amides is 1. The number of benzene rings is 3. The first-order valence-corrected chi connectivity index (χ1v) is 26.8. The number of hydrogen-bond acceptors (Lipinski definition) is 21. The Morgan fingerprint density at radius 2 is 1.34 bits per heavy atom. The molecule has 2 N–H and O–H groups in total. The smallest absolute Gasteiger partial charge is 0.489 e. The average molecular weight is 1090 g/mol. The van der Waals surface area contributed by atoms with Crippen molar-refractivity contribution in [2.75, 3.05) is 26.4 Å². The third kappa shape index (κ3) is 20.7. The molecular weight excluding hydrogens is 1030 g/mol. The molecule has 1 amide bonds. The van der Waals surface area contributed by atoms with E-state index >= 15 is 0 Å². The van der Waals surface area contributed by atoms with Gasteiger partial charge in [0.05, 0.1) is 13.2 Å². The molecule has 1 aliphatic heterocycles. The molecule has 23 heteroatoms. The summed E-state index contributed by atoms with van der Waals surface area (Å²) in [4.78, 5) is 73.9. The minimum atomic E-state index is -5.08. The largest absolute Gasteiger partial charge is 0.501 e. The zero-order valence-corrected chi connectivity index (χ0v) is 45.9. The van der Waals surface area contributed by atoms with Gasteiger partial charge in [-0.2, -0.15) is 0 Å². The van der Waals surface area contributed by atoms with Gasteiger partial charge in [0, 0.05) is 69.2 Å². The van der Waals surface area contributed by atoms with Crippen LogP contribution >= 0.6 is 23.5 Å². The summed E-state index contributed by atoms with van der Waals surface area (Å²) in [6.45, 7) is 18.0. The van der Waals surface area contributed by atoms with Gasteiger partial charge in [0.25, 0.3) is 5.91 Å². The maximum atomic E-state index is 13.8. The maximum Gasteiger partial charge on any atom is 0.501 e. The number of aliphatic hydroxyl groups excluding tert-OH is 1. The SMILES string of the molecule is CCC(C)(C)COCC(C)(C)CNC(=O)c1ccc(O[C@H]2O[C@@H](COC(C)=O)[C@@H](OC(C)=O)[C@@H](OC(C)O)[C@@H]2OC(C)=O)c(OS(=O)(=O)Oc2ccc(COc3ccc(CSC(C)=O)cc3CSC(C)=O)cc2)c1. The number of aliphatic hydroxyl groups is 1. The highest BCUT2D eigenvalue weighted by atomic mass is 32.3. The summed E-state index contributed by atoms with van der Waals surface area (Å²) in [5, 5.41) is 13.1. The number of rotatable bonds is 27. The molecule has 0 saturated carbocycles. The Morgan fingerprint density at radius 1 is 0.730 bits per heavy atom. The zero-order chi connectivity index (χ0) is 55.0. The van der Waals surface area contributed by atoms with Crippen molar-refractivity contribution in [3.63, 3.8) is 0 Å². The van der Waals surface area contributed by atoms with Gasteiger partial charge in [0.1, 0.15) is 36.9 Å². The molecule has 3 aromatic rings. The van der Waals surface area contributed by atoms with Crippen LogP contribution in [0.4, 0.5) is 0 Å². The van der Waals surface area contributed by atoms with Crippen LogP contribution in [0.3, 0.4) is 0 Å². The molecule has 1 fully saturated rings. The summed E-state index contributed by atoms with van der Waals surface area (Å²) in [5.74, 6) is -2.99. The van der Waals surface area contributed by atoms with Crippen LogP contribution in [0.5, 0.6) is 23.0 Å². The van der Waals surface area contributed by atoms with Crippen molar-refractivity contribution < 1.29 is 88.6 Å². The molecule has 1 heterocycles. The predicted molar refractivity (Wildman–Crippen MR) is 272 cm³/mol. The summed E-state index contributed by atoms with van der Waals surface area (Å²) in [6, 6.07) is 14.9. The molecule has 0 aromatic heterocycles. The summed E-state index contributed by atoms with van der Waals surface area (Å²) >= 11 is 2.27. The summed E-state index contributed by atoms with van der Waals surface area (Å²) < 4.78 is 84.7. The molecule has 0 spiro atoms. The van der Waals surface area contributed by atoms with E-state index < -0.39 is 94.7 Å². The van der Waals surface area contributed by atoms with E-state index in [9.17, 15) is 42.3 Å². The quantitative estimate of drug-likeness (QED) is 0.0443. The topological polar surface area (TPSA) is 261 Å². The van der Waals surface area contributed by atoms with E-state index in [0.29, 0.717) is 36.0 Å². The van der Waals surface area contributed by atoms with Crippen LogP contribution in [0.15, 0.2) is 60.7 Å². The summed E-state index contributed by atoms with van der Waals surface area (Å²) in [5.41, 5.74) is 1.59. The van der Waals surface area contributed by atoms with Crippen LogP contribution in [0.25, 0.3) is 0 Å². The van der Waals surface area contributed by atoms with Crippen LogP contribution in [0.2, 0.25) is 0 Å². The van der Waals surface area contributed by atoms with E-state index in [2.05, 4.69) is 26.1 Å². The van der Waals surface area contributed by atoms with Crippen LogP contribution in [0.1, 0.15) is 110 Å². The first-order valence-electron chi connectivity index (χ1n) is 23.5. The van der Waals surface area contributed by atoms with Gasteiger partial charge in [-0.3, -0.25) is 28.8 Å². The second kappa shape index (κ2) is 27.9. The third-order valence-electron chi connectivity index (χ3n) is 10.8. The van der Waals surface area contributed by atoms with Gasteiger partial charge >= 0.3 is 28.3 Å². The number of thioether (sulfide) groups is 2. The second-order valence-electron chi connectivity index (χ2n) is 18.8. The molecule has 6 atom stereocenters. The molecule has 3 aromatic carbocycles. The Balaban J connectivity index is 1.66. The molecule has 74 heavy (non-hydrogen) atoms.